The van der Waals surface area contributed by atoms with Crippen molar-refractivity contribution in [1.82, 2.24) is 0 Å². The average Bonchev–Trinajstić information content (AvgIpc) is 2.17. The van der Waals surface area contributed by atoms with Crippen LogP contribution >= 0.6 is 11.6 Å². The molecular formula is C12H10ClNO. The van der Waals surface area contributed by atoms with Gasteiger partial charge in [-0.25, -0.2) is 0 Å². The summed E-state index contributed by atoms with van der Waals surface area (Å²) in [5, 5.41) is 5.47. The Kier molecular flexibility index (Phi) is 2.60. The first-order chi connectivity index (χ1) is 7.16. The highest BCUT2D eigenvalue weighted by atomic mass is 35.5. The standard InChI is InChI=1S/C12H10ClNO/c1-8(15)14-10-5-6-11-9(7-10)3-2-4-12(11)13/h2-7H,1H3,(H,14,15). The van der Waals surface area contributed by atoms with Crippen molar-refractivity contribution in [2.24, 2.45) is 0 Å². The summed E-state index contributed by atoms with van der Waals surface area (Å²) in [6, 6.07) is 11.4. The van der Waals surface area contributed by atoms with Crippen LogP contribution in [0.3, 0.4) is 0 Å². The van der Waals surface area contributed by atoms with Crippen molar-refractivity contribution in [1.29, 1.82) is 0 Å². The predicted molar refractivity (Wildman–Crippen MR) is 63.3 cm³/mol. The van der Waals surface area contributed by atoms with Crippen molar-refractivity contribution in [3.05, 3.63) is 41.4 Å². The quantitative estimate of drug-likeness (QED) is 0.782. The molecule has 3 heteroatoms. The van der Waals surface area contributed by atoms with Crippen molar-refractivity contribution in [2.75, 3.05) is 5.32 Å². The second kappa shape index (κ2) is 3.91. The number of rotatable bonds is 1. The van der Waals surface area contributed by atoms with Gasteiger partial charge in [0.1, 0.15) is 0 Å². The summed E-state index contributed by atoms with van der Waals surface area (Å²) in [5.74, 6) is -0.0728. The summed E-state index contributed by atoms with van der Waals surface area (Å²) in [7, 11) is 0. The Morgan fingerprint density at radius 2 is 2.07 bits per heavy atom. The predicted octanol–water partition coefficient (Wildman–Crippen LogP) is 3.45. The molecule has 0 fully saturated rings. The van der Waals surface area contributed by atoms with E-state index >= 15 is 0 Å². The van der Waals surface area contributed by atoms with Crippen LogP contribution < -0.4 is 5.32 Å². The number of carbonyl (C=O) groups is 1. The highest BCUT2D eigenvalue weighted by molar-refractivity contribution is 6.35. The van der Waals surface area contributed by atoms with Gasteiger partial charge in [0.05, 0.1) is 0 Å². The number of anilines is 1. The third kappa shape index (κ3) is 2.10. The molecule has 76 valence electrons. The van der Waals surface area contributed by atoms with E-state index < -0.39 is 0 Å². The molecule has 1 N–H and O–H groups in total. The molecule has 0 aliphatic rings. The van der Waals surface area contributed by atoms with Crippen LogP contribution in [0.4, 0.5) is 5.69 Å². The van der Waals surface area contributed by atoms with Gasteiger partial charge in [0.2, 0.25) is 5.91 Å². The first kappa shape index (κ1) is 9.99. The third-order valence-corrected chi connectivity index (χ3v) is 2.48. The van der Waals surface area contributed by atoms with Crippen LogP contribution in [-0.2, 0) is 4.79 Å². The van der Waals surface area contributed by atoms with Crippen LogP contribution in [0, 0.1) is 0 Å². The van der Waals surface area contributed by atoms with E-state index in [2.05, 4.69) is 5.32 Å². The molecule has 2 nitrogen and oxygen atoms in total. The van der Waals surface area contributed by atoms with Gasteiger partial charge in [0, 0.05) is 23.0 Å². The SMILES string of the molecule is CC(=O)Nc1ccc2c(Cl)cccc2c1. The summed E-state index contributed by atoms with van der Waals surface area (Å²) in [6.07, 6.45) is 0. The fraction of sp³-hybridized carbons (Fsp3) is 0.0833. The number of amides is 1. The molecule has 15 heavy (non-hydrogen) atoms. The Bertz CT molecular complexity index is 522. The molecule has 2 aromatic carbocycles. The van der Waals surface area contributed by atoms with Crippen LogP contribution in [0.25, 0.3) is 10.8 Å². The smallest absolute Gasteiger partial charge is 0.221 e. The molecule has 2 rings (SSSR count). The summed E-state index contributed by atoms with van der Waals surface area (Å²) >= 11 is 6.03. The number of halogens is 1. The van der Waals surface area contributed by atoms with Gasteiger partial charge in [-0.05, 0) is 23.6 Å². The van der Waals surface area contributed by atoms with Gasteiger partial charge >= 0.3 is 0 Å². The molecule has 0 spiro atoms. The van der Waals surface area contributed by atoms with Gasteiger partial charge < -0.3 is 5.32 Å². The second-order valence-electron chi connectivity index (χ2n) is 3.36. The largest absolute Gasteiger partial charge is 0.326 e. The average molecular weight is 220 g/mol. The fourth-order valence-electron chi connectivity index (χ4n) is 1.53. The fourth-order valence-corrected chi connectivity index (χ4v) is 1.77. The minimum absolute atomic E-state index is 0.0728. The summed E-state index contributed by atoms with van der Waals surface area (Å²) in [5.41, 5.74) is 0.789. The molecule has 0 radical (unpaired) electrons. The van der Waals surface area contributed by atoms with Gasteiger partial charge in [0.15, 0.2) is 0 Å². The lowest BCUT2D eigenvalue weighted by atomic mass is 10.1. The van der Waals surface area contributed by atoms with E-state index in [0.717, 1.165) is 21.5 Å². The first-order valence-corrected chi connectivity index (χ1v) is 5.00. The molecule has 0 saturated carbocycles. The Morgan fingerprint density at radius 1 is 1.27 bits per heavy atom. The lowest BCUT2D eigenvalue weighted by Gasteiger charge is -2.04. The molecule has 2 aromatic rings. The molecule has 0 atom stereocenters. The Balaban J connectivity index is 2.52. The minimum Gasteiger partial charge on any atom is -0.326 e. The zero-order valence-corrected chi connectivity index (χ0v) is 9.01. The third-order valence-electron chi connectivity index (χ3n) is 2.15. The number of fused-ring (bicyclic) bond motifs is 1. The Morgan fingerprint density at radius 3 is 2.80 bits per heavy atom. The molecule has 0 unspecified atom stereocenters. The zero-order valence-electron chi connectivity index (χ0n) is 8.25. The monoisotopic (exact) mass is 219 g/mol. The van der Waals surface area contributed by atoms with Gasteiger partial charge in [0.25, 0.3) is 0 Å². The molecular weight excluding hydrogens is 210 g/mol. The lowest BCUT2D eigenvalue weighted by Crippen LogP contribution is -2.05. The molecule has 0 saturated heterocycles. The van der Waals surface area contributed by atoms with Crippen LogP contribution in [-0.4, -0.2) is 5.91 Å². The Hall–Kier alpha value is -1.54. The van der Waals surface area contributed by atoms with E-state index in [9.17, 15) is 4.79 Å². The van der Waals surface area contributed by atoms with Crippen molar-refractivity contribution in [3.8, 4) is 0 Å². The highest BCUT2D eigenvalue weighted by Crippen LogP contribution is 2.25. The number of nitrogens with one attached hydrogen (secondary N) is 1. The van der Waals surface area contributed by atoms with Gasteiger partial charge in [-0.2, -0.15) is 0 Å². The van der Waals surface area contributed by atoms with Crippen LogP contribution in [0.2, 0.25) is 5.02 Å². The number of carbonyl (C=O) groups excluding carboxylic acids is 1. The van der Waals surface area contributed by atoms with E-state index in [1.807, 2.05) is 36.4 Å². The van der Waals surface area contributed by atoms with Crippen LogP contribution in [0.1, 0.15) is 6.92 Å². The van der Waals surface area contributed by atoms with Gasteiger partial charge in [-0.3, -0.25) is 4.79 Å². The maximum atomic E-state index is 10.9. The second-order valence-corrected chi connectivity index (χ2v) is 3.76. The van der Waals surface area contributed by atoms with Crippen LogP contribution in [0.15, 0.2) is 36.4 Å². The molecule has 0 aliphatic heterocycles. The number of hydrogen-bond donors (Lipinski definition) is 1. The lowest BCUT2D eigenvalue weighted by molar-refractivity contribution is -0.114. The Labute approximate surface area is 92.9 Å². The normalized spacial score (nSPS) is 10.3. The summed E-state index contributed by atoms with van der Waals surface area (Å²) in [6.45, 7) is 1.49. The maximum absolute atomic E-state index is 10.9. The van der Waals surface area contributed by atoms with Gasteiger partial charge in [-0.15, -0.1) is 0 Å². The van der Waals surface area contributed by atoms with Crippen LogP contribution in [0.5, 0.6) is 0 Å². The molecule has 0 aliphatic carbocycles. The molecule has 0 bridgehead atoms. The van der Waals surface area contributed by atoms with E-state index in [4.69, 9.17) is 11.6 Å². The number of benzene rings is 2. The van der Waals surface area contributed by atoms with Crippen molar-refractivity contribution < 1.29 is 4.79 Å². The van der Waals surface area contributed by atoms with Crippen molar-refractivity contribution >= 4 is 34.0 Å². The van der Waals surface area contributed by atoms with E-state index in [0.29, 0.717) is 0 Å². The van der Waals surface area contributed by atoms with Crippen molar-refractivity contribution in [2.45, 2.75) is 6.92 Å². The topological polar surface area (TPSA) is 29.1 Å². The molecule has 1 amide bonds. The minimum atomic E-state index is -0.0728. The number of hydrogen-bond acceptors (Lipinski definition) is 1. The first-order valence-electron chi connectivity index (χ1n) is 4.63. The van der Waals surface area contributed by atoms with E-state index in [-0.39, 0.29) is 5.91 Å². The molecule has 0 aromatic heterocycles. The summed E-state index contributed by atoms with van der Waals surface area (Å²) in [4.78, 5) is 10.9. The van der Waals surface area contributed by atoms with E-state index in [1.54, 1.807) is 0 Å². The van der Waals surface area contributed by atoms with E-state index in [1.165, 1.54) is 6.92 Å². The molecule has 0 heterocycles. The zero-order chi connectivity index (χ0) is 10.8. The van der Waals surface area contributed by atoms with Crippen molar-refractivity contribution in [3.63, 3.8) is 0 Å². The highest BCUT2D eigenvalue weighted by Gasteiger charge is 2.00. The maximum Gasteiger partial charge on any atom is 0.221 e. The summed E-state index contributed by atoms with van der Waals surface area (Å²) < 4.78 is 0. The van der Waals surface area contributed by atoms with Gasteiger partial charge in [-0.1, -0.05) is 29.8 Å².